The van der Waals surface area contributed by atoms with Crippen molar-refractivity contribution < 1.29 is 0 Å². The molecule has 0 fully saturated rings. The van der Waals surface area contributed by atoms with Crippen LogP contribution in [0.3, 0.4) is 0 Å². The fraction of sp³-hybridized carbons (Fsp3) is 0.200. The van der Waals surface area contributed by atoms with Crippen molar-refractivity contribution in [3.05, 3.63) is 30.0 Å². The molecule has 0 unspecified atom stereocenters. The van der Waals surface area contributed by atoms with E-state index in [0.717, 1.165) is 17.4 Å². The van der Waals surface area contributed by atoms with Gasteiger partial charge in [0, 0.05) is 11.9 Å². The average Bonchev–Trinajstić information content (AvgIpc) is 2.59. The third kappa shape index (κ3) is 1.17. The van der Waals surface area contributed by atoms with Crippen molar-refractivity contribution in [2.45, 2.75) is 13.5 Å². The molecule has 13 heavy (non-hydrogen) atoms. The van der Waals surface area contributed by atoms with Crippen molar-refractivity contribution in [2.75, 3.05) is 0 Å². The van der Waals surface area contributed by atoms with Crippen LogP contribution in [0.5, 0.6) is 0 Å². The Bertz CT molecular complexity index is 476. The number of hydrogen-bond acceptors (Lipinski definition) is 2. The lowest BCUT2D eigenvalue weighted by molar-refractivity contribution is 0.684. The molecule has 1 aromatic carbocycles. The van der Waals surface area contributed by atoms with Crippen molar-refractivity contribution in [2.24, 2.45) is 0 Å². The number of fused-ring (bicyclic) bond motifs is 1. The summed E-state index contributed by atoms with van der Waals surface area (Å²) in [6, 6.07) is 7.72. The van der Waals surface area contributed by atoms with Gasteiger partial charge in [-0.1, -0.05) is 0 Å². The van der Waals surface area contributed by atoms with Crippen LogP contribution in [0.2, 0.25) is 0 Å². The molecule has 0 aliphatic carbocycles. The summed E-state index contributed by atoms with van der Waals surface area (Å²) in [7, 11) is 0. The van der Waals surface area contributed by atoms with E-state index >= 15 is 0 Å². The van der Waals surface area contributed by atoms with Gasteiger partial charge in [-0.2, -0.15) is 10.4 Å². The summed E-state index contributed by atoms with van der Waals surface area (Å²) in [5.41, 5.74) is 1.71. The van der Waals surface area contributed by atoms with Gasteiger partial charge in [0.25, 0.3) is 0 Å². The lowest BCUT2D eigenvalue weighted by Crippen LogP contribution is -1.95. The number of nitriles is 1. The normalized spacial score (nSPS) is 10.2. The van der Waals surface area contributed by atoms with E-state index in [-0.39, 0.29) is 0 Å². The average molecular weight is 171 g/mol. The van der Waals surface area contributed by atoms with Crippen molar-refractivity contribution in [3.8, 4) is 6.07 Å². The van der Waals surface area contributed by atoms with E-state index in [4.69, 9.17) is 5.26 Å². The first-order valence-corrected chi connectivity index (χ1v) is 4.21. The van der Waals surface area contributed by atoms with Crippen LogP contribution >= 0.6 is 0 Å². The minimum absolute atomic E-state index is 0.683. The highest BCUT2D eigenvalue weighted by Gasteiger charge is 2.01. The highest BCUT2D eigenvalue weighted by molar-refractivity contribution is 5.79. The summed E-state index contributed by atoms with van der Waals surface area (Å²) in [4.78, 5) is 0. The predicted octanol–water partition coefficient (Wildman–Crippen LogP) is 1.93. The van der Waals surface area contributed by atoms with E-state index in [1.165, 1.54) is 0 Å². The van der Waals surface area contributed by atoms with E-state index in [1.54, 1.807) is 0 Å². The molecule has 2 aromatic rings. The van der Waals surface area contributed by atoms with Gasteiger partial charge in [-0.3, -0.25) is 4.68 Å². The zero-order chi connectivity index (χ0) is 9.26. The molecular weight excluding hydrogens is 162 g/mol. The molecule has 3 nitrogen and oxygen atoms in total. The number of aryl methyl sites for hydroxylation is 1. The smallest absolute Gasteiger partial charge is 0.0992 e. The van der Waals surface area contributed by atoms with Crippen LogP contribution in [-0.4, -0.2) is 9.78 Å². The van der Waals surface area contributed by atoms with Gasteiger partial charge in [0.15, 0.2) is 0 Å². The molecular formula is C10H9N3. The number of nitrogens with zero attached hydrogens (tertiary/aromatic N) is 3. The Morgan fingerprint density at radius 3 is 3.08 bits per heavy atom. The molecule has 0 radical (unpaired) electrons. The maximum Gasteiger partial charge on any atom is 0.0992 e. The molecule has 0 saturated carbocycles. The Kier molecular flexibility index (Phi) is 1.75. The third-order valence-electron chi connectivity index (χ3n) is 2.07. The largest absolute Gasteiger partial charge is 0.265 e. The summed E-state index contributed by atoms with van der Waals surface area (Å²) < 4.78 is 1.89. The summed E-state index contributed by atoms with van der Waals surface area (Å²) in [6.45, 7) is 2.86. The molecule has 3 heteroatoms. The second-order valence-corrected chi connectivity index (χ2v) is 2.85. The quantitative estimate of drug-likeness (QED) is 0.657. The lowest BCUT2D eigenvalue weighted by atomic mass is 10.2. The fourth-order valence-corrected chi connectivity index (χ4v) is 1.39. The van der Waals surface area contributed by atoms with Crippen molar-refractivity contribution >= 4 is 10.9 Å². The number of hydrogen-bond donors (Lipinski definition) is 0. The van der Waals surface area contributed by atoms with Gasteiger partial charge in [0.05, 0.1) is 23.3 Å². The zero-order valence-corrected chi connectivity index (χ0v) is 7.36. The van der Waals surface area contributed by atoms with Crippen LogP contribution in [0, 0.1) is 11.3 Å². The Morgan fingerprint density at radius 2 is 2.38 bits per heavy atom. The molecule has 0 spiro atoms. The minimum Gasteiger partial charge on any atom is -0.265 e. The fourth-order valence-electron chi connectivity index (χ4n) is 1.39. The summed E-state index contributed by atoms with van der Waals surface area (Å²) in [5, 5.41) is 14.0. The first kappa shape index (κ1) is 7.81. The van der Waals surface area contributed by atoms with Crippen molar-refractivity contribution in [1.29, 1.82) is 5.26 Å². The number of aromatic nitrogens is 2. The Labute approximate surface area is 76.2 Å². The van der Waals surface area contributed by atoms with E-state index in [0.29, 0.717) is 5.56 Å². The molecule has 0 aliphatic rings. The third-order valence-corrected chi connectivity index (χ3v) is 2.07. The molecule has 0 N–H and O–H groups in total. The molecule has 1 heterocycles. The van der Waals surface area contributed by atoms with E-state index in [1.807, 2.05) is 36.0 Å². The first-order valence-electron chi connectivity index (χ1n) is 4.21. The maximum absolute atomic E-state index is 8.72. The van der Waals surface area contributed by atoms with Crippen LogP contribution in [-0.2, 0) is 6.54 Å². The molecule has 0 saturated heterocycles. The van der Waals surface area contributed by atoms with Gasteiger partial charge in [0.1, 0.15) is 0 Å². The predicted molar refractivity (Wildman–Crippen MR) is 50.1 cm³/mol. The Balaban J connectivity index is 2.73. The highest BCUT2D eigenvalue weighted by atomic mass is 15.3. The SMILES string of the molecule is CCn1ncc2ccc(C#N)cc21. The number of benzene rings is 1. The molecule has 2 rings (SSSR count). The topological polar surface area (TPSA) is 41.6 Å². The molecule has 64 valence electrons. The van der Waals surface area contributed by atoms with Gasteiger partial charge in [-0.25, -0.2) is 0 Å². The second kappa shape index (κ2) is 2.91. The Morgan fingerprint density at radius 1 is 1.54 bits per heavy atom. The Hall–Kier alpha value is -1.82. The number of rotatable bonds is 1. The summed E-state index contributed by atoms with van der Waals surface area (Å²) >= 11 is 0. The maximum atomic E-state index is 8.72. The van der Waals surface area contributed by atoms with Crippen LogP contribution in [0.25, 0.3) is 10.9 Å². The van der Waals surface area contributed by atoms with E-state index in [9.17, 15) is 0 Å². The van der Waals surface area contributed by atoms with Crippen molar-refractivity contribution in [3.63, 3.8) is 0 Å². The molecule has 0 amide bonds. The van der Waals surface area contributed by atoms with Gasteiger partial charge in [-0.15, -0.1) is 0 Å². The molecule has 0 atom stereocenters. The first-order chi connectivity index (χ1) is 6.35. The van der Waals surface area contributed by atoms with Crippen LogP contribution in [0.15, 0.2) is 24.4 Å². The van der Waals surface area contributed by atoms with Gasteiger partial charge in [-0.05, 0) is 25.1 Å². The van der Waals surface area contributed by atoms with Crippen LogP contribution in [0.1, 0.15) is 12.5 Å². The van der Waals surface area contributed by atoms with Crippen LogP contribution < -0.4 is 0 Å². The van der Waals surface area contributed by atoms with Crippen molar-refractivity contribution in [1.82, 2.24) is 9.78 Å². The van der Waals surface area contributed by atoms with E-state index in [2.05, 4.69) is 11.2 Å². The van der Waals surface area contributed by atoms with Gasteiger partial charge in [0.2, 0.25) is 0 Å². The molecule has 0 aliphatic heterocycles. The summed E-state index contributed by atoms with van der Waals surface area (Å²) in [5.74, 6) is 0. The molecule has 1 aromatic heterocycles. The van der Waals surface area contributed by atoms with E-state index < -0.39 is 0 Å². The lowest BCUT2D eigenvalue weighted by Gasteiger charge is -1.97. The van der Waals surface area contributed by atoms with Crippen LogP contribution in [0.4, 0.5) is 0 Å². The monoisotopic (exact) mass is 171 g/mol. The standard InChI is InChI=1S/C10H9N3/c1-2-13-10-5-8(6-11)3-4-9(10)7-12-13/h3-5,7H,2H2,1H3. The van der Waals surface area contributed by atoms with Gasteiger partial charge >= 0.3 is 0 Å². The highest BCUT2D eigenvalue weighted by Crippen LogP contribution is 2.14. The molecule has 0 bridgehead atoms. The summed E-state index contributed by atoms with van der Waals surface area (Å²) in [6.07, 6.45) is 1.82. The minimum atomic E-state index is 0.683. The van der Waals surface area contributed by atoms with Gasteiger partial charge < -0.3 is 0 Å². The second-order valence-electron chi connectivity index (χ2n) is 2.85. The zero-order valence-electron chi connectivity index (χ0n) is 7.36.